The van der Waals surface area contributed by atoms with Crippen molar-refractivity contribution in [3.63, 3.8) is 0 Å². The van der Waals surface area contributed by atoms with E-state index >= 15 is 0 Å². The van der Waals surface area contributed by atoms with E-state index in [2.05, 4.69) is 48.7 Å². The molecule has 3 aromatic rings. The highest BCUT2D eigenvalue weighted by Crippen LogP contribution is 2.32. The molecule has 130 valence electrons. The monoisotopic (exact) mass is 334 g/mol. The molecule has 0 aliphatic carbocycles. The molecule has 0 spiro atoms. The third-order valence-electron chi connectivity index (χ3n) is 4.51. The number of aryl methyl sites for hydroxylation is 1. The first-order valence-electron chi connectivity index (χ1n) is 8.96. The molecule has 0 bridgehead atoms. The fourth-order valence-corrected chi connectivity index (χ4v) is 3.22. The van der Waals surface area contributed by atoms with Crippen LogP contribution in [-0.2, 0) is 13.0 Å². The average Bonchev–Trinajstić information content (AvgIpc) is 3.02. The highest BCUT2D eigenvalue weighted by Gasteiger charge is 2.16. The minimum absolute atomic E-state index is 0.850. The Morgan fingerprint density at radius 2 is 1.92 bits per heavy atom. The van der Waals surface area contributed by atoms with Crippen LogP contribution >= 0.6 is 0 Å². The van der Waals surface area contributed by atoms with Gasteiger partial charge in [-0.25, -0.2) is 4.98 Å². The summed E-state index contributed by atoms with van der Waals surface area (Å²) in [5.74, 6) is 0.876. The van der Waals surface area contributed by atoms with Crippen molar-refractivity contribution < 1.29 is 4.74 Å². The van der Waals surface area contributed by atoms with E-state index in [0.717, 1.165) is 36.4 Å². The van der Waals surface area contributed by atoms with Crippen molar-refractivity contribution in [2.24, 2.45) is 0 Å². The van der Waals surface area contributed by atoms with E-state index in [-0.39, 0.29) is 0 Å². The lowest BCUT2D eigenvalue weighted by molar-refractivity contribution is 0.416. The summed E-state index contributed by atoms with van der Waals surface area (Å²) >= 11 is 0. The topological polar surface area (TPSA) is 27.1 Å². The zero-order valence-electron chi connectivity index (χ0n) is 15.3. The van der Waals surface area contributed by atoms with Crippen LogP contribution in [0, 0.1) is 6.92 Å². The van der Waals surface area contributed by atoms with Crippen LogP contribution in [0.4, 0.5) is 0 Å². The standard InChI is InChI=1S/C22H26N2O/c1-4-5-12-20-22(19-11-6-7-13-21(19)25-3)23-16-24(20)15-18-10-8-9-17(2)14-18/h6-11,13-14,16H,4-5,12,15H2,1-3H3. The van der Waals surface area contributed by atoms with Crippen molar-refractivity contribution in [3.05, 3.63) is 71.7 Å². The molecule has 3 heteroatoms. The van der Waals surface area contributed by atoms with Gasteiger partial charge in [0.25, 0.3) is 0 Å². The lowest BCUT2D eigenvalue weighted by Gasteiger charge is -2.12. The predicted octanol–water partition coefficient (Wildman–Crippen LogP) is 5.26. The van der Waals surface area contributed by atoms with Crippen molar-refractivity contribution >= 4 is 0 Å². The summed E-state index contributed by atoms with van der Waals surface area (Å²) in [5.41, 5.74) is 5.99. The SMILES string of the molecule is CCCCc1c(-c2ccccc2OC)ncn1Cc1cccc(C)c1. The van der Waals surface area contributed by atoms with Gasteiger partial charge < -0.3 is 9.30 Å². The van der Waals surface area contributed by atoms with Crippen LogP contribution in [0.2, 0.25) is 0 Å². The van der Waals surface area contributed by atoms with Crippen LogP contribution in [0.3, 0.4) is 0 Å². The molecule has 0 fully saturated rings. The molecule has 25 heavy (non-hydrogen) atoms. The first kappa shape index (κ1) is 17.3. The van der Waals surface area contributed by atoms with Crippen molar-refractivity contribution in [2.45, 2.75) is 39.7 Å². The summed E-state index contributed by atoms with van der Waals surface area (Å²) in [5, 5.41) is 0. The lowest BCUT2D eigenvalue weighted by Crippen LogP contribution is -2.05. The first-order valence-corrected chi connectivity index (χ1v) is 8.96. The number of para-hydroxylation sites is 1. The predicted molar refractivity (Wildman–Crippen MR) is 103 cm³/mol. The maximum atomic E-state index is 5.55. The largest absolute Gasteiger partial charge is 0.496 e. The van der Waals surface area contributed by atoms with Gasteiger partial charge in [0.2, 0.25) is 0 Å². The van der Waals surface area contributed by atoms with Gasteiger partial charge in [-0.3, -0.25) is 0 Å². The molecule has 3 nitrogen and oxygen atoms in total. The number of methoxy groups -OCH3 is 1. The summed E-state index contributed by atoms with van der Waals surface area (Å²) < 4.78 is 7.84. The number of nitrogens with zero attached hydrogens (tertiary/aromatic N) is 2. The van der Waals surface area contributed by atoms with Gasteiger partial charge in [-0.15, -0.1) is 0 Å². The van der Waals surface area contributed by atoms with Gasteiger partial charge >= 0.3 is 0 Å². The van der Waals surface area contributed by atoms with E-state index in [9.17, 15) is 0 Å². The van der Waals surface area contributed by atoms with E-state index < -0.39 is 0 Å². The first-order chi connectivity index (χ1) is 12.2. The third-order valence-corrected chi connectivity index (χ3v) is 4.51. The summed E-state index contributed by atoms with van der Waals surface area (Å²) in [4.78, 5) is 4.75. The van der Waals surface area contributed by atoms with E-state index in [1.807, 2.05) is 24.5 Å². The molecule has 0 aliphatic rings. The lowest BCUT2D eigenvalue weighted by atomic mass is 10.1. The molecular formula is C22H26N2O. The van der Waals surface area contributed by atoms with Gasteiger partial charge in [0.15, 0.2) is 0 Å². The van der Waals surface area contributed by atoms with Gasteiger partial charge in [0, 0.05) is 17.8 Å². The van der Waals surface area contributed by atoms with Crippen LogP contribution < -0.4 is 4.74 Å². The summed E-state index contributed by atoms with van der Waals surface area (Å²) in [7, 11) is 1.72. The van der Waals surface area contributed by atoms with Crippen LogP contribution in [0.5, 0.6) is 5.75 Å². The third kappa shape index (κ3) is 3.93. The second-order valence-corrected chi connectivity index (χ2v) is 6.46. The Balaban J connectivity index is 2.00. The maximum absolute atomic E-state index is 5.55. The number of ether oxygens (including phenoxy) is 1. The van der Waals surface area contributed by atoms with Gasteiger partial charge in [0.05, 0.1) is 19.1 Å². The number of rotatable bonds is 7. The highest BCUT2D eigenvalue weighted by atomic mass is 16.5. The molecule has 0 amide bonds. The highest BCUT2D eigenvalue weighted by molar-refractivity contribution is 5.69. The fourth-order valence-electron chi connectivity index (χ4n) is 3.22. The zero-order valence-corrected chi connectivity index (χ0v) is 15.3. The zero-order chi connectivity index (χ0) is 17.6. The second kappa shape index (κ2) is 8.02. The molecule has 0 N–H and O–H groups in total. The Bertz CT molecular complexity index is 836. The van der Waals surface area contributed by atoms with E-state index in [4.69, 9.17) is 9.72 Å². The van der Waals surface area contributed by atoms with Crippen molar-refractivity contribution in [1.29, 1.82) is 0 Å². The Morgan fingerprint density at radius 3 is 2.68 bits per heavy atom. The van der Waals surface area contributed by atoms with Gasteiger partial charge in [-0.1, -0.05) is 55.3 Å². The number of benzene rings is 2. The number of imidazole rings is 1. The molecule has 1 heterocycles. The Hall–Kier alpha value is -2.55. The molecule has 2 aromatic carbocycles. The molecule has 0 unspecified atom stereocenters. The smallest absolute Gasteiger partial charge is 0.128 e. The molecule has 1 aromatic heterocycles. The Morgan fingerprint density at radius 1 is 1.08 bits per heavy atom. The van der Waals surface area contributed by atoms with E-state index in [0.29, 0.717) is 0 Å². The Kier molecular flexibility index (Phi) is 5.54. The minimum Gasteiger partial charge on any atom is -0.496 e. The molecule has 0 atom stereocenters. The number of hydrogen-bond acceptors (Lipinski definition) is 2. The van der Waals surface area contributed by atoms with Crippen LogP contribution in [0.15, 0.2) is 54.9 Å². The number of unbranched alkanes of at least 4 members (excludes halogenated alkanes) is 1. The average molecular weight is 334 g/mol. The van der Waals surface area contributed by atoms with Crippen molar-refractivity contribution in [2.75, 3.05) is 7.11 Å². The Labute approximate surface area is 150 Å². The molecule has 0 radical (unpaired) electrons. The van der Waals surface area contributed by atoms with E-state index in [1.54, 1.807) is 7.11 Å². The minimum atomic E-state index is 0.850. The van der Waals surface area contributed by atoms with Crippen LogP contribution in [0.1, 0.15) is 36.6 Å². The molecule has 3 rings (SSSR count). The van der Waals surface area contributed by atoms with Crippen molar-refractivity contribution in [1.82, 2.24) is 9.55 Å². The molecule has 0 saturated heterocycles. The number of hydrogen-bond donors (Lipinski definition) is 0. The molecule has 0 aliphatic heterocycles. The van der Waals surface area contributed by atoms with Crippen molar-refractivity contribution in [3.8, 4) is 17.0 Å². The maximum Gasteiger partial charge on any atom is 0.128 e. The normalized spacial score (nSPS) is 10.8. The van der Waals surface area contributed by atoms with E-state index in [1.165, 1.54) is 23.2 Å². The van der Waals surface area contributed by atoms with Gasteiger partial charge in [-0.05, 0) is 37.5 Å². The quantitative estimate of drug-likeness (QED) is 0.589. The van der Waals surface area contributed by atoms with Crippen LogP contribution in [0.25, 0.3) is 11.3 Å². The summed E-state index contributed by atoms with van der Waals surface area (Å²) in [6, 6.07) is 16.8. The van der Waals surface area contributed by atoms with Crippen LogP contribution in [-0.4, -0.2) is 16.7 Å². The van der Waals surface area contributed by atoms with Gasteiger partial charge in [0.1, 0.15) is 5.75 Å². The second-order valence-electron chi connectivity index (χ2n) is 6.46. The number of aromatic nitrogens is 2. The molecule has 0 saturated carbocycles. The fraction of sp³-hybridized carbons (Fsp3) is 0.318. The summed E-state index contributed by atoms with van der Waals surface area (Å²) in [6.07, 6.45) is 5.31. The molecular weight excluding hydrogens is 308 g/mol. The summed E-state index contributed by atoms with van der Waals surface area (Å²) in [6.45, 7) is 5.21. The van der Waals surface area contributed by atoms with Gasteiger partial charge in [-0.2, -0.15) is 0 Å².